The Morgan fingerprint density at radius 1 is 1.29 bits per heavy atom. The van der Waals surface area contributed by atoms with E-state index >= 15 is 0 Å². The molecule has 2 heterocycles. The molecule has 13 nitrogen and oxygen atoms in total. The van der Waals surface area contributed by atoms with Gasteiger partial charge >= 0.3 is 22.2 Å². The van der Waals surface area contributed by atoms with Crippen LogP contribution in [0, 0.1) is 0 Å². The van der Waals surface area contributed by atoms with Gasteiger partial charge in [-0.25, -0.2) is 4.79 Å². The fourth-order valence-electron chi connectivity index (χ4n) is 3.57. The number of carboxylic acids is 1. The minimum absolute atomic E-state index is 0.0513. The highest BCUT2D eigenvalue weighted by atomic mass is 32.2. The van der Waals surface area contributed by atoms with E-state index in [1.54, 1.807) is 10.8 Å². The van der Waals surface area contributed by atoms with E-state index in [2.05, 4.69) is 5.32 Å². The predicted octanol–water partition coefficient (Wildman–Crippen LogP) is -0.604. The van der Waals surface area contributed by atoms with E-state index < -0.39 is 56.9 Å². The average molecular weight is 516 g/mol. The third-order valence-electron chi connectivity index (χ3n) is 5.06. The SMILES string of the molecule is CO[C@]1(NC(=O)C(NS(=O)(=O)O)c2ccccc2)C(=O)N2C(C(=O)O)=C(COC(C)=O)CS[C@@H]21. The number of fused-ring (bicyclic) bond motifs is 1. The number of methoxy groups -OCH3 is 1. The van der Waals surface area contributed by atoms with Crippen LogP contribution in [-0.2, 0) is 39.0 Å². The maximum absolute atomic E-state index is 13.1. The Hall–Kier alpha value is -2.98. The molecule has 0 aromatic heterocycles. The molecule has 34 heavy (non-hydrogen) atoms. The van der Waals surface area contributed by atoms with Gasteiger partial charge < -0.3 is 19.9 Å². The van der Waals surface area contributed by atoms with Gasteiger partial charge in [0, 0.05) is 25.4 Å². The highest BCUT2D eigenvalue weighted by Gasteiger charge is 2.67. The quantitative estimate of drug-likeness (QED) is 0.142. The number of hydrogen-bond donors (Lipinski definition) is 4. The van der Waals surface area contributed by atoms with Crippen LogP contribution in [-0.4, -0.2) is 77.3 Å². The topological polar surface area (TPSA) is 189 Å². The summed E-state index contributed by atoms with van der Waals surface area (Å²) >= 11 is 1.06. The molecule has 184 valence electrons. The first-order chi connectivity index (χ1) is 15.9. The first kappa shape index (κ1) is 25.6. The van der Waals surface area contributed by atoms with Crippen molar-refractivity contribution >= 4 is 45.8 Å². The number of ether oxygens (including phenoxy) is 2. The van der Waals surface area contributed by atoms with Crippen molar-refractivity contribution in [2.45, 2.75) is 24.1 Å². The highest BCUT2D eigenvalue weighted by molar-refractivity contribution is 8.00. The van der Waals surface area contributed by atoms with E-state index in [1.807, 2.05) is 0 Å². The first-order valence-electron chi connectivity index (χ1n) is 9.62. The minimum Gasteiger partial charge on any atom is -0.477 e. The molecule has 1 fully saturated rings. The minimum atomic E-state index is -4.82. The molecule has 4 N–H and O–H groups in total. The summed E-state index contributed by atoms with van der Waals surface area (Å²) in [5.41, 5.74) is -2.06. The molecular formula is C19H21N3O10S2. The Balaban J connectivity index is 1.91. The van der Waals surface area contributed by atoms with Crippen molar-refractivity contribution in [3.63, 3.8) is 0 Å². The number of nitrogens with zero attached hydrogens (tertiary/aromatic N) is 1. The summed E-state index contributed by atoms with van der Waals surface area (Å²) in [6, 6.07) is 5.94. The van der Waals surface area contributed by atoms with Gasteiger partial charge in [-0.2, -0.15) is 13.1 Å². The van der Waals surface area contributed by atoms with Crippen LogP contribution in [0.25, 0.3) is 0 Å². The molecule has 3 rings (SSSR count). The number of carbonyl (C=O) groups excluding carboxylic acids is 3. The molecule has 2 aliphatic rings. The van der Waals surface area contributed by atoms with Crippen LogP contribution < -0.4 is 10.0 Å². The predicted molar refractivity (Wildman–Crippen MR) is 116 cm³/mol. The van der Waals surface area contributed by atoms with Gasteiger partial charge in [0.2, 0.25) is 5.91 Å². The zero-order valence-corrected chi connectivity index (χ0v) is 19.5. The number of amides is 2. The summed E-state index contributed by atoms with van der Waals surface area (Å²) in [7, 11) is -3.70. The molecule has 0 aliphatic carbocycles. The summed E-state index contributed by atoms with van der Waals surface area (Å²) in [5, 5.41) is 11.0. The fourth-order valence-corrected chi connectivity index (χ4v) is 5.53. The molecule has 1 aromatic carbocycles. The molecule has 15 heteroatoms. The van der Waals surface area contributed by atoms with Crippen molar-refractivity contribution in [2.24, 2.45) is 0 Å². The number of benzene rings is 1. The summed E-state index contributed by atoms with van der Waals surface area (Å²) in [5.74, 6) is -3.96. The maximum atomic E-state index is 13.1. The lowest BCUT2D eigenvalue weighted by atomic mass is 9.97. The van der Waals surface area contributed by atoms with Crippen LogP contribution in [0.4, 0.5) is 0 Å². The monoisotopic (exact) mass is 515 g/mol. The smallest absolute Gasteiger partial charge is 0.352 e. The zero-order chi connectivity index (χ0) is 25.3. The molecule has 1 unspecified atom stereocenters. The molecular weight excluding hydrogens is 494 g/mol. The molecule has 0 bridgehead atoms. The number of thioether (sulfide) groups is 1. The van der Waals surface area contributed by atoms with Gasteiger partial charge in [0.05, 0.1) is 0 Å². The molecule has 0 spiro atoms. The van der Waals surface area contributed by atoms with Gasteiger partial charge in [0.1, 0.15) is 23.7 Å². The van der Waals surface area contributed by atoms with E-state index in [9.17, 15) is 37.3 Å². The lowest BCUT2D eigenvalue weighted by Gasteiger charge is -2.55. The number of carboxylic acid groups (broad SMARTS) is 1. The fraction of sp³-hybridized carbons (Fsp3) is 0.368. The van der Waals surface area contributed by atoms with Crippen molar-refractivity contribution in [1.82, 2.24) is 14.9 Å². The van der Waals surface area contributed by atoms with E-state index in [0.29, 0.717) is 0 Å². The summed E-state index contributed by atoms with van der Waals surface area (Å²) in [4.78, 5) is 50.1. The largest absolute Gasteiger partial charge is 0.477 e. The van der Waals surface area contributed by atoms with Gasteiger partial charge in [0.15, 0.2) is 0 Å². The Morgan fingerprint density at radius 3 is 2.47 bits per heavy atom. The lowest BCUT2D eigenvalue weighted by Crippen LogP contribution is -2.81. The van der Waals surface area contributed by atoms with Crippen LogP contribution in [0.2, 0.25) is 0 Å². The average Bonchev–Trinajstić information content (AvgIpc) is 2.78. The zero-order valence-electron chi connectivity index (χ0n) is 17.9. The summed E-state index contributed by atoms with van der Waals surface area (Å²) < 4.78 is 44.1. The standard InChI is InChI=1S/C19H21N3O10S2/c1-10(23)32-8-12-9-33-18-19(31-2,17(27)22(18)14(12)16(25)26)20-15(24)13(21-34(28,29)30)11-6-4-3-5-7-11/h3-7,13,18,21H,8-9H2,1-2H3,(H,20,24)(H,25,26)(H,28,29,30)/t13?,18-,19-/m1/s1. The number of esters is 1. The number of β-lactam (4-membered cyclic amide) rings is 1. The molecule has 3 atom stereocenters. The van der Waals surface area contributed by atoms with E-state index in [4.69, 9.17) is 9.47 Å². The number of aliphatic carboxylic acids is 1. The van der Waals surface area contributed by atoms with Crippen molar-refractivity contribution in [1.29, 1.82) is 0 Å². The van der Waals surface area contributed by atoms with Crippen LogP contribution >= 0.6 is 11.8 Å². The Labute approximate surface area is 198 Å². The molecule has 0 radical (unpaired) electrons. The third-order valence-corrected chi connectivity index (χ3v) is 6.96. The second kappa shape index (κ2) is 9.71. The summed E-state index contributed by atoms with van der Waals surface area (Å²) in [6.07, 6.45) is 0. The summed E-state index contributed by atoms with van der Waals surface area (Å²) in [6.45, 7) is 0.824. The Bertz CT molecular complexity index is 1150. The second-order valence-corrected chi connectivity index (χ2v) is 9.50. The maximum Gasteiger partial charge on any atom is 0.352 e. The van der Waals surface area contributed by atoms with Gasteiger partial charge in [-0.1, -0.05) is 30.3 Å². The van der Waals surface area contributed by atoms with Gasteiger partial charge in [-0.15, -0.1) is 11.8 Å². The van der Waals surface area contributed by atoms with Crippen LogP contribution in [0.5, 0.6) is 0 Å². The third kappa shape index (κ3) is 4.92. The normalized spacial score (nSPS) is 23.0. The molecule has 1 aromatic rings. The Morgan fingerprint density at radius 2 is 1.94 bits per heavy atom. The van der Waals surface area contributed by atoms with Crippen molar-refractivity contribution in [3.05, 3.63) is 47.2 Å². The van der Waals surface area contributed by atoms with E-state index in [-0.39, 0.29) is 23.5 Å². The van der Waals surface area contributed by atoms with Crippen LogP contribution in [0.15, 0.2) is 41.6 Å². The van der Waals surface area contributed by atoms with Gasteiger partial charge in [-0.05, 0) is 5.56 Å². The molecule has 2 amide bonds. The van der Waals surface area contributed by atoms with Crippen molar-refractivity contribution < 1.29 is 46.7 Å². The Kier molecular flexibility index (Phi) is 7.32. The molecule has 0 saturated carbocycles. The van der Waals surface area contributed by atoms with Gasteiger partial charge in [-0.3, -0.25) is 23.8 Å². The first-order valence-corrected chi connectivity index (χ1v) is 12.1. The molecule has 2 aliphatic heterocycles. The van der Waals surface area contributed by atoms with E-state index in [0.717, 1.165) is 30.7 Å². The van der Waals surface area contributed by atoms with Crippen LogP contribution in [0.3, 0.4) is 0 Å². The highest BCUT2D eigenvalue weighted by Crippen LogP contribution is 2.46. The lowest BCUT2D eigenvalue weighted by molar-refractivity contribution is -0.193. The number of carbonyl (C=O) groups is 4. The second-order valence-electron chi connectivity index (χ2n) is 7.24. The number of rotatable bonds is 9. The number of nitrogens with one attached hydrogen (secondary N) is 2. The molecule has 1 saturated heterocycles. The van der Waals surface area contributed by atoms with Crippen LogP contribution in [0.1, 0.15) is 18.5 Å². The van der Waals surface area contributed by atoms with E-state index in [1.165, 1.54) is 24.3 Å². The van der Waals surface area contributed by atoms with Gasteiger partial charge in [0.25, 0.3) is 11.6 Å². The van der Waals surface area contributed by atoms with Crippen molar-refractivity contribution in [2.75, 3.05) is 19.5 Å². The van der Waals surface area contributed by atoms with Crippen molar-refractivity contribution in [3.8, 4) is 0 Å². The number of hydrogen-bond acceptors (Lipinski definition) is 9.